The molecule has 0 radical (unpaired) electrons. The van der Waals surface area contributed by atoms with Crippen LogP contribution in [0, 0.1) is 10.1 Å². The molecule has 31 heavy (non-hydrogen) atoms. The molecule has 0 aromatic heterocycles. The molecule has 2 aromatic rings. The molecule has 164 valence electrons. The van der Waals surface area contributed by atoms with Gasteiger partial charge >= 0.3 is 5.97 Å². The molecule has 2 aromatic carbocycles. The minimum Gasteiger partial charge on any atom is -0.454 e. The smallest absolute Gasteiger partial charge is 0.338 e. The van der Waals surface area contributed by atoms with Gasteiger partial charge in [-0.3, -0.25) is 14.9 Å². The van der Waals surface area contributed by atoms with Gasteiger partial charge in [0.05, 0.1) is 15.5 Å². The topological polar surface area (TPSA) is 124 Å². The van der Waals surface area contributed by atoms with E-state index in [1.54, 1.807) is 0 Å². The predicted octanol–water partition coefficient (Wildman–Crippen LogP) is 3.46. The number of piperidine rings is 1. The number of nitro benzene ring substituents is 1. The number of nitrogens with zero attached hydrogens (tertiary/aromatic N) is 2. The van der Waals surface area contributed by atoms with Crippen LogP contribution in [-0.4, -0.2) is 49.1 Å². The highest BCUT2D eigenvalue weighted by atomic mass is 35.5. The number of ether oxygens (including phenoxy) is 1. The van der Waals surface area contributed by atoms with Crippen molar-refractivity contribution >= 4 is 39.1 Å². The van der Waals surface area contributed by atoms with Crippen molar-refractivity contribution in [2.75, 3.05) is 19.7 Å². The maximum atomic E-state index is 12.9. The number of esters is 1. The lowest BCUT2D eigenvalue weighted by Crippen LogP contribution is -2.35. The van der Waals surface area contributed by atoms with Gasteiger partial charge in [0.25, 0.3) is 5.69 Å². The van der Waals surface area contributed by atoms with Crippen LogP contribution >= 0.6 is 11.6 Å². The molecule has 1 heterocycles. The van der Waals surface area contributed by atoms with Crippen LogP contribution < -0.4 is 0 Å². The van der Waals surface area contributed by atoms with Crippen molar-refractivity contribution in [2.45, 2.75) is 24.2 Å². The van der Waals surface area contributed by atoms with E-state index in [-0.39, 0.29) is 26.7 Å². The first-order valence-electron chi connectivity index (χ1n) is 9.44. The second kappa shape index (κ2) is 9.54. The molecule has 1 saturated heterocycles. The normalized spacial score (nSPS) is 14.7. The van der Waals surface area contributed by atoms with Gasteiger partial charge in [0.15, 0.2) is 12.4 Å². The molecule has 0 aliphatic carbocycles. The van der Waals surface area contributed by atoms with Gasteiger partial charge in [-0.2, -0.15) is 4.31 Å². The zero-order valence-electron chi connectivity index (χ0n) is 16.3. The monoisotopic (exact) mass is 466 g/mol. The number of Topliss-reactive ketones (excluding diaryl/α,β-unsaturated/α-hetero) is 1. The molecule has 0 spiro atoms. The molecule has 0 bridgehead atoms. The largest absolute Gasteiger partial charge is 0.454 e. The van der Waals surface area contributed by atoms with E-state index < -0.39 is 33.3 Å². The third kappa shape index (κ3) is 5.27. The van der Waals surface area contributed by atoms with E-state index in [2.05, 4.69) is 0 Å². The average Bonchev–Trinajstić information content (AvgIpc) is 2.78. The molecular formula is C20H19ClN2O7S. The summed E-state index contributed by atoms with van der Waals surface area (Å²) >= 11 is 6.09. The number of rotatable bonds is 7. The fourth-order valence-electron chi connectivity index (χ4n) is 3.14. The summed E-state index contributed by atoms with van der Waals surface area (Å²) in [5.74, 6) is -1.44. The minimum atomic E-state index is -3.86. The van der Waals surface area contributed by atoms with E-state index >= 15 is 0 Å². The van der Waals surface area contributed by atoms with Gasteiger partial charge in [-0.1, -0.05) is 18.0 Å². The van der Waals surface area contributed by atoms with Gasteiger partial charge in [-0.25, -0.2) is 13.2 Å². The molecule has 1 aliphatic rings. The zero-order chi connectivity index (χ0) is 22.6. The summed E-state index contributed by atoms with van der Waals surface area (Å²) in [4.78, 5) is 34.4. The minimum absolute atomic E-state index is 0.0101. The predicted molar refractivity (Wildman–Crippen MR) is 112 cm³/mol. The van der Waals surface area contributed by atoms with E-state index in [9.17, 15) is 28.1 Å². The Balaban J connectivity index is 1.71. The van der Waals surface area contributed by atoms with Gasteiger partial charge in [0.1, 0.15) is 4.90 Å². The Bertz CT molecular complexity index is 1110. The maximum absolute atomic E-state index is 12.9. The highest BCUT2D eigenvalue weighted by molar-refractivity contribution is 7.89. The van der Waals surface area contributed by atoms with Crippen molar-refractivity contribution in [3.05, 3.63) is 68.7 Å². The van der Waals surface area contributed by atoms with Crippen molar-refractivity contribution in [1.82, 2.24) is 4.31 Å². The summed E-state index contributed by atoms with van der Waals surface area (Å²) in [6.07, 6.45) is 2.46. The highest BCUT2D eigenvalue weighted by Crippen LogP contribution is 2.28. The first-order valence-corrected chi connectivity index (χ1v) is 11.3. The van der Waals surface area contributed by atoms with Crippen LogP contribution in [-0.2, 0) is 14.8 Å². The third-order valence-electron chi connectivity index (χ3n) is 4.83. The number of nitro groups is 1. The number of hydrogen-bond acceptors (Lipinski definition) is 7. The van der Waals surface area contributed by atoms with Crippen molar-refractivity contribution in [3.63, 3.8) is 0 Å². The van der Waals surface area contributed by atoms with Crippen LogP contribution in [0.25, 0.3) is 0 Å². The van der Waals surface area contributed by atoms with Gasteiger partial charge < -0.3 is 4.74 Å². The van der Waals surface area contributed by atoms with Crippen LogP contribution in [0.15, 0.2) is 47.4 Å². The van der Waals surface area contributed by atoms with E-state index in [0.29, 0.717) is 13.1 Å². The van der Waals surface area contributed by atoms with Gasteiger partial charge in [0, 0.05) is 30.8 Å². The molecule has 3 rings (SSSR count). The molecule has 1 fully saturated rings. The fourth-order valence-corrected chi connectivity index (χ4v) is 5.16. The molecule has 11 heteroatoms. The molecule has 0 N–H and O–H groups in total. The number of halogens is 1. The zero-order valence-corrected chi connectivity index (χ0v) is 17.9. The number of carbonyl (C=O) groups is 2. The second-order valence-electron chi connectivity index (χ2n) is 6.91. The highest BCUT2D eigenvalue weighted by Gasteiger charge is 2.29. The standard InChI is InChI=1S/C20H19ClN2O7S/c21-17-9-6-15(12-19(17)31(28,29)22-10-2-1-3-11-22)20(25)30-13-18(24)14-4-7-16(8-5-14)23(26)27/h4-9,12H,1-3,10-11,13H2. The summed E-state index contributed by atoms with van der Waals surface area (Å²) in [6.45, 7) is 0.168. The van der Waals surface area contributed by atoms with Gasteiger partial charge in [-0.15, -0.1) is 0 Å². The van der Waals surface area contributed by atoms with Crippen molar-refractivity contribution in [3.8, 4) is 0 Å². The summed E-state index contributed by atoms with van der Waals surface area (Å²) in [7, 11) is -3.86. The van der Waals surface area contributed by atoms with Crippen LogP contribution in [0.2, 0.25) is 5.02 Å². The van der Waals surface area contributed by atoms with Crippen LogP contribution in [0.5, 0.6) is 0 Å². The molecule has 1 aliphatic heterocycles. The van der Waals surface area contributed by atoms with E-state index in [0.717, 1.165) is 25.3 Å². The summed E-state index contributed by atoms with van der Waals surface area (Å²) in [5.41, 5.74) is -0.0866. The molecule has 0 saturated carbocycles. The summed E-state index contributed by atoms with van der Waals surface area (Å²) in [6, 6.07) is 8.63. The van der Waals surface area contributed by atoms with E-state index in [4.69, 9.17) is 16.3 Å². The number of sulfonamides is 1. The number of hydrogen-bond donors (Lipinski definition) is 0. The summed E-state index contributed by atoms with van der Waals surface area (Å²) in [5, 5.41) is 10.7. The van der Waals surface area contributed by atoms with Crippen molar-refractivity contribution < 1.29 is 27.7 Å². The molecule has 0 atom stereocenters. The van der Waals surface area contributed by atoms with Crippen LogP contribution in [0.1, 0.15) is 40.0 Å². The lowest BCUT2D eigenvalue weighted by molar-refractivity contribution is -0.384. The lowest BCUT2D eigenvalue weighted by Gasteiger charge is -2.26. The number of benzene rings is 2. The van der Waals surface area contributed by atoms with E-state index in [1.165, 1.54) is 40.7 Å². The Morgan fingerprint density at radius 3 is 2.26 bits per heavy atom. The fraction of sp³-hybridized carbons (Fsp3) is 0.300. The lowest BCUT2D eigenvalue weighted by atomic mass is 10.1. The first kappa shape index (κ1) is 22.9. The van der Waals surface area contributed by atoms with Gasteiger partial charge in [0.2, 0.25) is 10.0 Å². The number of non-ortho nitro benzene ring substituents is 1. The Labute approximate surface area is 183 Å². The Kier molecular flexibility index (Phi) is 7.04. The first-order chi connectivity index (χ1) is 14.7. The molecular weight excluding hydrogens is 448 g/mol. The quantitative estimate of drug-likeness (QED) is 0.265. The van der Waals surface area contributed by atoms with Crippen LogP contribution in [0.3, 0.4) is 0 Å². The molecule has 0 unspecified atom stereocenters. The SMILES string of the molecule is O=C(COC(=O)c1ccc(Cl)c(S(=O)(=O)N2CCCCC2)c1)c1ccc([N+](=O)[O-])cc1. The number of carbonyl (C=O) groups excluding carboxylic acids is 2. The van der Waals surface area contributed by atoms with Crippen molar-refractivity contribution in [1.29, 1.82) is 0 Å². The van der Waals surface area contributed by atoms with E-state index in [1.807, 2.05) is 0 Å². The number of ketones is 1. The van der Waals surface area contributed by atoms with Crippen molar-refractivity contribution in [2.24, 2.45) is 0 Å². The van der Waals surface area contributed by atoms with Crippen LogP contribution in [0.4, 0.5) is 5.69 Å². The Morgan fingerprint density at radius 2 is 1.65 bits per heavy atom. The third-order valence-corrected chi connectivity index (χ3v) is 7.21. The Morgan fingerprint density at radius 1 is 1.03 bits per heavy atom. The summed E-state index contributed by atoms with van der Waals surface area (Å²) < 4.78 is 32.1. The molecule has 0 amide bonds. The maximum Gasteiger partial charge on any atom is 0.338 e. The Hall–Kier alpha value is -2.82. The van der Waals surface area contributed by atoms with Gasteiger partial charge in [-0.05, 0) is 43.2 Å². The average molecular weight is 467 g/mol. The second-order valence-corrected chi connectivity index (χ2v) is 9.23. The molecule has 9 nitrogen and oxygen atoms in total.